The van der Waals surface area contributed by atoms with Gasteiger partial charge in [0.1, 0.15) is 11.5 Å². The highest BCUT2D eigenvalue weighted by molar-refractivity contribution is 6.74. The van der Waals surface area contributed by atoms with Crippen molar-refractivity contribution in [3.63, 3.8) is 0 Å². The third-order valence-electron chi connectivity index (χ3n) is 3.61. The minimum absolute atomic E-state index is 0.0405. The number of benzene rings is 1. The van der Waals surface area contributed by atoms with Crippen molar-refractivity contribution < 1.29 is 14.3 Å². The summed E-state index contributed by atoms with van der Waals surface area (Å²) in [6.07, 6.45) is 0. The van der Waals surface area contributed by atoms with E-state index in [9.17, 15) is 5.11 Å². The Bertz CT molecular complexity index is 408. The van der Waals surface area contributed by atoms with Gasteiger partial charge in [-0.15, -0.1) is 0 Å². The van der Waals surface area contributed by atoms with Crippen molar-refractivity contribution >= 4 is 8.32 Å². The number of rotatable bonds is 4. The summed E-state index contributed by atoms with van der Waals surface area (Å²) in [4.78, 5) is 0. The molecule has 0 saturated carbocycles. The van der Waals surface area contributed by atoms with Crippen LogP contribution in [0.15, 0.2) is 18.2 Å². The molecule has 1 N–H and O–H groups in total. The molecule has 1 aromatic carbocycles. The second kappa shape index (κ2) is 5.32. The molecule has 0 amide bonds. The molecule has 0 atom stereocenters. The topological polar surface area (TPSA) is 38.7 Å². The first-order valence-corrected chi connectivity index (χ1v) is 9.09. The second-order valence-electron chi connectivity index (χ2n) is 5.99. The van der Waals surface area contributed by atoms with E-state index in [1.807, 2.05) is 18.2 Å². The summed E-state index contributed by atoms with van der Waals surface area (Å²) in [5.74, 6) is 1.51. The molecule has 1 aromatic rings. The quantitative estimate of drug-likeness (QED) is 0.848. The van der Waals surface area contributed by atoms with Crippen LogP contribution in [-0.2, 0) is 6.61 Å². The van der Waals surface area contributed by atoms with Gasteiger partial charge in [-0.05, 0) is 36.3 Å². The third-order valence-corrected chi connectivity index (χ3v) is 7.95. The van der Waals surface area contributed by atoms with E-state index in [4.69, 9.17) is 9.16 Å². The Balaban J connectivity index is 3.04. The van der Waals surface area contributed by atoms with Crippen LogP contribution in [0.5, 0.6) is 11.5 Å². The lowest BCUT2D eigenvalue weighted by molar-refractivity contribution is 0.276. The Hall–Kier alpha value is -1.00. The van der Waals surface area contributed by atoms with Gasteiger partial charge in [0.05, 0.1) is 13.7 Å². The first-order chi connectivity index (χ1) is 8.21. The summed E-state index contributed by atoms with van der Waals surface area (Å²) in [6.45, 7) is 10.9. The highest BCUT2D eigenvalue weighted by Crippen LogP contribution is 2.38. The highest BCUT2D eigenvalue weighted by atomic mass is 28.4. The molecular formula is C14H24O3Si. The molecule has 1 rings (SSSR count). The molecule has 18 heavy (non-hydrogen) atoms. The molecule has 0 aromatic heterocycles. The fourth-order valence-corrected chi connectivity index (χ4v) is 2.39. The maximum Gasteiger partial charge on any atom is 0.250 e. The summed E-state index contributed by atoms with van der Waals surface area (Å²) < 4.78 is 11.4. The molecular weight excluding hydrogens is 244 g/mol. The zero-order chi connectivity index (χ0) is 14.0. The Morgan fingerprint density at radius 1 is 1.22 bits per heavy atom. The van der Waals surface area contributed by atoms with Gasteiger partial charge in [0.15, 0.2) is 0 Å². The van der Waals surface area contributed by atoms with Gasteiger partial charge >= 0.3 is 0 Å². The molecule has 0 aliphatic carbocycles. The standard InChI is InChI=1S/C14H24O3Si/c1-14(2,3)18(5,6)17-13-8-7-12(16-4)9-11(13)10-15/h7-9,15H,10H2,1-6H3. The van der Waals surface area contributed by atoms with Crippen molar-refractivity contribution in [3.05, 3.63) is 23.8 Å². The molecule has 0 radical (unpaired) electrons. The number of ether oxygens (including phenoxy) is 1. The first-order valence-electron chi connectivity index (χ1n) is 6.18. The van der Waals surface area contributed by atoms with Crippen LogP contribution in [0.3, 0.4) is 0 Å². The fraction of sp³-hybridized carbons (Fsp3) is 0.571. The van der Waals surface area contributed by atoms with Crippen LogP contribution < -0.4 is 9.16 Å². The van der Waals surface area contributed by atoms with Gasteiger partial charge in [0.25, 0.3) is 0 Å². The maximum atomic E-state index is 9.42. The van der Waals surface area contributed by atoms with E-state index in [0.29, 0.717) is 0 Å². The minimum Gasteiger partial charge on any atom is -0.543 e. The van der Waals surface area contributed by atoms with Crippen molar-refractivity contribution in [3.8, 4) is 11.5 Å². The van der Waals surface area contributed by atoms with Gasteiger partial charge in [0.2, 0.25) is 8.32 Å². The highest BCUT2D eigenvalue weighted by Gasteiger charge is 2.39. The molecule has 0 unspecified atom stereocenters. The van der Waals surface area contributed by atoms with Crippen LogP contribution in [0.2, 0.25) is 18.1 Å². The average Bonchev–Trinajstić information content (AvgIpc) is 2.27. The van der Waals surface area contributed by atoms with Gasteiger partial charge < -0.3 is 14.3 Å². The summed E-state index contributed by atoms with van der Waals surface area (Å²) >= 11 is 0. The van der Waals surface area contributed by atoms with E-state index >= 15 is 0 Å². The fourth-order valence-electron chi connectivity index (χ4n) is 1.33. The monoisotopic (exact) mass is 268 g/mol. The molecule has 0 heterocycles. The Labute approximate surface area is 111 Å². The molecule has 0 bridgehead atoms. The SMILES string of the molecule is COc1ccc(O[Si](C)(C)C(C)(C)C)c(CO)c1. The van der Waals surface area contributed by atoms with Crippen LogP contribution in [0.1, 0.15) is 26.3 Å². The predicted molar refractivity (Wildman–Crippen MR) is 76.7 cm³/mol. The second-order valence-corrected chi connectivity index (χ2v) is 10.7. The first kappa shape index (κ1) is 15.1. The molecule has 4 heteroatoms. The third kappa shape index (κ3) is 3.27. The van der Waals surface area contributed by atoms with E-state index in [1.54, 1.807) is 7.11 Å². The lowest BCUT2D eigenvalue weighted by Gasteiger charge is -2.37. The Kier molecular flexibility index (Phi) is 4.45. The Morgan fingerprint density at radius 3 is 2.28 bits per heavy atom. The average molecular weight is 268 g/mol. The van der Waals surface area contributed by atoms with E-state index < -0.39 is 8.32 Å². The van der Waals surface area contributed by atoms with E-state index in [1.165, 1.54) is 0 Å². The number of hydrogen-bond donors (Lipinski definition) is 1. The van der Waals surface area contributed by atoms with Crippen molar-refractivity contribution in [1.29, 1.82) is 0 Å². The zero-order valence-electron chi connectivity index (χ0n) is 12.2. The smallest absolute Gasteiger partial charge is 0.250 e. The van der Waals surface area contributed by atoms with E-state index in [0.717, 1.165) is 17.1 Å². The molecule has 0 aliphatic rings. The number of methoxy groups -OCH3 is 1. The van der Waals surface area contributed by atoms with Crippen LogP contribution in [0.4, 0.5) is 0 Å². The van der Waals surface area contributed by atoms with Crippen molar-refractivity contribution in [2.75, 3.05) is 7.11 Å². The van der Waals surface area contributed by atoms with Gasteiger partial charge in [-0.3, -0.25) is 0 Å². The van der Waals surface area contributed by atoms with Gasteiger partial charge in [0, 0.05) is 5.56 Å². The molecule has 0 saturated heterocycles. The van der Waals surface area contributed by atoms with Crippen molar-refractivity contribution in [1.82, 2.24) is 0 Å². The molecule has 0 aliphatic heterocycles. The molecule has 0 spiro atoms. The lowest BCUT2D eigenvalue weighted by atomic mass is 10.2. The van der Waals surface area contributed by atoms with E-state index in [-0.39, 0.29) is 11.6 Å². The number of aliphatic hydroxyl groups is 1. The van der Waals surface area contributed by atoms with Crippen LogP contribution >= 0.6 is 0 Å². The zero-order valence-corrected chi connectivity index (χ0v) is 13.2. The van der Waals surface area contributed by atoms with Crippen molar-refractivity contribution in [2.24, 2.45) is 0 Å². The summed E-state index contributed by atoms with van der Waals surface area (Å²) in [7, 11) is -0.257. The summed E-state index contributed by atoms with van der Waals surface area (Å²) in [5, 5.41) is 9.56. The molecule has 102 valence electrons. The molecule has 0 fully saturated rings. The normalized spacial score (nSPS) is 12.4. The number of hydrogen-bond acceptors (Lipinski definition) is 3. The maximum absolute atomic E-state index is 9.42. The van der Waals surface area contributed by atoms with Crippen molar-refractivity contribution in [2.45, 2.75) is 45.5 Å². The van der Waals surface area contributed by atoms with E-state index in [2.05, 4.69) is 33.9 Å². The summed E-state index contributed by atoms with van der Waals surface area (Å²) in [5.41, 5.74) is 0.777. The predicted octanol–water partition coefficient (Wildman–Crippen LogP) is 3.57. The van der Waals surface area contributed by atoms with Gasteiger partial charge in [-0.25, -0.2) is 0 Å². The Morgan fingerprint density at radius 2 is 1.83 bits per heavy atom. The van der Waals surface area contributed by atoms with Gasteiger partial charge in [-0.1, -0.05) is 20.8 Å². The minimum atomic E-state index is -1.87. The van der Waals surface area contributed by atoms with Crippen LogP contribution in [-0.4, -0.2) is 20.5 Å². The van der Waals surface area contributed by atoms with Crippen LogP contribution in [0.25, 0.3) is 0 Å². The van der Waals surface area contributed by atoms with Crippen LogP contribution in [0, 0.1) is 0 Å². The lowest BCUT2D eigenvalue weighted by Crippen LogP contribution is -2.44. The largest absolute Gasteiger partial charge is 0.543 e. The summed E-state index contributed by atoms with van der Waals surface area (Å²) in [6, 6.07) is 5.56. The number of aliphatic hydroxyl groups excluding tert-OH is 1. The van der Waals surface area contributed by atoms with Gasteiger partial charge in [-0.2, -0.15) is 0 Å². The molecule has 3 nitrogen and oxygen atoms in total.